The van der Waals surface area contributed by atoms with Gasteiger partial charge in [0.25, 0.3) is 0 Å². The molecule has 0 radical (unpaired) electrons. The van der Waals surface area contributed by atoms with Crippen LogP contribution in [-0.4, -0.2) is 24.3 Å². The van der Waals surface area contributed by atoms with Gasteiger partial charge in [0.1, 0.15) is 0 Å². The van der Waals surface area contributed by atoms with Gasteiger partial charge in [0.05, 0.1) is 11.7 Å². The Balaban J connectivity index is 1.78. The van der Waals surface area contributed by atoms with Crippen molar-refractivity contribution in [1.29, 1.82) is 0 Å². The monoisotopic (exact) mass is 281 g/mol. The fraction of sp³-hybridized carbons (Fsp3) is 1.00. The van der Waals surface area contributed by atoms with Crippen molar-refractivity contribution in [3.63, 3.8) is 0 Å². The molecule has 2 atom stereocenters. The summed E-state index contributed by atoms with van der Waals surface area (Å²) < 4.78 is 6.55. The Morgan fingerprint density at radius 2 is 1.90 bits per heavy atom. The summed E-state index contributed by atoms with van der Waals surface area (Å²) in [6, 6.07) is 0.600. The second-order valence-electron chi connectivity index (χ2n) is 7.48. The molecule has 1 heterocycles. The summed E-state index contributed by atoms with van der Waals surface area (Å²) in [6.45, 7) is 7.96. The van der Waals surface area contributed by atoms with Crippen LogP contribution in [0.25, 0.3) is 0 Å². The topological polar surface area (TPSA) is 21.3 Å². The summed E-state index contributed by atoms with van der Waals surface area (Å²) in [6.07, 6.45) is 13.9. The van der Waals surface area contributed by atoms with Crippen LogP contribution >= 0.6 is 0 Å². The molecule has 0 aromatic heterocycles. The third kappa shape index (κ3) is 4.73. The SMILES string of the molecule is CCCC(CNC(C)C)CC1CCC2(CCCCC2)O1. The molecule has 1 aliphatic carbocycles. The van der Waals surface area contributed by atoms with E-state index >= 15 is 0 Å². The quantitative estimate of drug-likeness (QED) is 0.732. The molecule has 1 spiro atoms. The molecular formula is C18H35NO. The van der Waals surface area contributed by atoms with Gasteiger partial charge in [-0.2, -0.15) is 0 Å². The molecule has 2 fully saturated rings. The smallest absolute Gasteiger partial charge is 0.0687 e. The van der Waals surface area contributed by atoms with Crippen LogP contribution in [-0.2, 0) is 4.74 Å². The highest BCUT2D eigenvalue weighted by Gasteiger charge is 2.41. The first-order valence-corrected chi connectivity index (χ1v) is 9.05. The van der Waals surface area contributed by atoms with E-state index < -0.39 is 0 Å². The van der Waals surface area contributed by atoms with E-state index in [1.165, 1.54) is 70.8 Å². The molecule has 1 saturated carbocycles. The van der Waals surface area contributed by atoms with E-state index in [0.717, 1.165) is 5.92 Å². The van der Waals surface area contributed by atoms with Gasteiger partial charge in [-0.3, -0.25) is 0 Å². The van der Waals surface area contributed by atoms with Crippen LogP contribution in [0.4, 0.5) is 0 Å². The first-order chi connectivity index (χ1) is 9.63. The van der Waals surface area contributed by atoms with Gasteiger partial charge in [0.2, 0.25) is 0 Å². The number of rotatable bonds is 7. The molecule has 0 amide bonds. The average Bonchev–Trinajstić information content (AvgIpc) is 2.80. The zero-order valence-corrected chi connectivity index (χ0v) is 13.9. The standard InChI is InChI=1S/C18H35NO/c1-4-8-16(14-19-15(2)3)13-17-9-12-18(20-17)10-6-5-7-11-18/h15-17,19H,4-14H2,1-3H3. The molecule has 2 nitrogen and oxygen atoms in total. The molecule has 2 aliphatic rings. The lowest BCUT2D eigenvalue weighted by Gasteiger charge is -2.34. The second-order valence-corrected chi connectivity index (χ2v) is 7.48. The van der Waals surface area contributed by atoms with E-state index in [1.54, 1.807) is 0 Å². The van der Waals surface area contributed by atoms with Gasteiger partial charge in [-0.1, -0.05) is 46.5 Å². The summed E-state index contributed by atoms with van der Waals surface area (Å²) in [4.78, 5) is 0. The number of hydrogen-bond donors (Lipinski definition) is 1. The Morgan fingerprint density at radius 1 is 1.15 bits per heavy atom. The van der Waals surface area contributed by atoms with Gasteiger partial charge in [-0.25, -0.2) is 0 Å². The molecule has 2 unspecified atom stereocenters. The average molecular weight is 281 g/mol. The van der Waals surface area contributed by atoms with Gasteiger partial charge in [0, 0.05) is 6.04 Å². The van der Waals surface area contributed by atoms with Crippen LogP contribution in [0.15, 0.2) is 0 Å². The Bertz CT molecular complexity index is 271. The maximum absolute atomic E-state index is 6.55. The first kappa shape index (κ1) is 16.3. The molecular weight excluding hydrogens is 246 g/mol. The third-order valence-electron chi connectivity index (χ3n) is 5.21. The third-order valence-corrected chi connectivity index (χ3v) is 5.21. The molecule has 1 aliphatic heterocycles. The van der Waals surface area contributed by atoms with Crippen LogP contribution in [0.5, 0.6) is 0 Å². The van der Waals surface area contributed by atoms with Crippen molar-refractivity contribution >= 4 is 0 Å². The lowest BCUT2D eigenvalue weighted by atomic mass is 9.83. The van der Waals surface area contributed by atoms with Crippen LogP contribution in [0.3, 0.4) is 0 Å². The summed E-state index contributed by atoms with van der Waals surface area (Å²) in [7, 11) is 0. The highest BCUT2D eigenvalue weighted by Crippen LogP contribution is 2.43. The zero-order chi connectivity index (χ0) is 14.4. The van der Waals surface area contributed by atoms with Crippen molar-refractivity contribution in [3.8, 4) is 0 Å². The fourth-order valence-corrected chi connectivity index (χ4v) is 4.11. The van der Waals surface area contributed by atoms with Crippen molar-refractivity contribution < 1.29 is 4.74 Å². The maximum Gasteiger partial charge on any atom is 0.0687 e. The zero-order valence-electron chi connectivity index (χ0n) is 13.9. The molecule has 0 bridgehead atoms. The van der Waals surface area contributed by atoms with Gasteiger partial charge in [0.15, 0.2) is 0 Å². The Kier molecular flexibility index (Phi) is 6.35. The predicted molar refractivity (Wildman–Crippen MR) is 86.1 cm³/mol. The molecule has 0 aromatic rings. The Labute approximate surface area is 126 Å². The number of nitrogens with one attached hydrogen (secondary N) is 1. The summed E-state index contributed by atoms with van der Waals surface area (Å²) in [5, 5.41) is 3.62. The van der Waals surface area contributed by atoms with Crippen molar-refractivity contribution in [2.75, 3.05) is 6.54 Å². The molecule has 20 heavy (non-hydrogen) atoms. The Morgan fingerprint density at radius 3 is 2.55 bits per heavy atom. The van der Waals surface area contributed by atoms with Gasteiger partial charge in [-0.05, 0) is 51.0 Å². The summed E-state index contributed by atoms with van der Waals surface area (Å²) in [5.41, 5.74) is 0.297. The van der Waals surface area contributed by atoms with Crippen LogP contribution in [0.1, 0.15) is 85.0 Å². The van der Waals surface area contributed by atoms with Crippen molar-refractivity contribution in [3.05, 3.63) is 0 Å². The molecule has 1 saturated heterocycles. The molecule has 118 valence electrons. The normalized spacial score (nSPS) is 27.3. The Hall–Kier alpha value is -0.0800. The highest BCUT2D eigenvalue weighted by atomic mass is 16.5. The van der Waals surface area contributed by atoms with Gasteiger partial charge >= 0.3 is 0 Å². The minimum atomic E-state index is 0.297. The van der Waals surface area contributed by atoms with E-state index in [1.807, 2.05) is 0 Å². The second kappa shape index (κ2) is 7.79. The largest absolute Gasteiger partial charge is 0.372 e. The fourth-order valence-electron chi connectivity index (χ4n) is 4.11. The minimum Gasteiger partial charge on any atom is -0.372 e. The van der Waals surface area contributed by atoms with E-state index in [4.69, 9.17) is 4.74 Å². The number of hydrogen-bond acceptors (Lipinski definition) is 2. The van der Waals surface area contributed by atoms with E-state index in [0.29, 0.717) is 17.7 Å². The van der Waals surface area contributed by atoms with Crippen molar-refractivity contribution in [2.24, 2.45) is 5.92 Å². The lowest BCUT2D eigenvalue weighted by molar-refractivity contribution is -0.0700. The van der Waals surface area contributed by atoms with Gasteiger partial charge < -0.3 is 10.1 Å². The van der Waals surface area contributed by atoms with Crippen molar-refractivity contribution in [1.82, 2.24) is 5.32 Å². The van der Waals surface area contributed by atoms with Gasteiger partial charge in [-0.15, -0.1) is 0 Å². The highest BCUT2D eigenvalue weighted by molar-refractivity contribution is 4.91. The van der Waals surface area contributed by atoms with E-state index in [9.17, 15) is 0 Å². The molecule has 2 rings (SSSR count). The summed E-state index contributed by atoms with van der Waals surface area (Å²) in [5.74, 6) is 0.797. The van der Waals surface area contributed by atoms with E-state index in [2.05, 4.69) is 26.1 Å². The van der Waals surface area contributed by atoms with Crippen molar-refractivity contribution in [2.45, 2.75) is 103 Å². The molecule has 1 N–H and O–H groups in total. The van der Waals surface area contributed by atoms with Crippen LogP contribution < -0.4 is 5.32 Å². The molecule has 2 heteroatoms. The van der Waals surface area contributed by atoms with Crippen LogP contribution in [0, 0.1) is 5.92 Å². The van der Waals surface area contributed by atoms with E-state index in [-0.39, 0.29) is 0 Å². The summed E-state index contributed by atoms with van der Waals surface area (Å²) >= 11 is 0. The maximum atomic E-state index is 6.55. The molecule has 0 aromatic carbocycles. The first-order valence-electron chi connectivity index (χ1n) is 9.05. The predicted octanol–water partition coefficient (Wildman–Crippen LogP) is 4.67. The minimum absolute atomic E-state index is 0.297. The number of ether oxygens (including phenoxy) is 1. The van der Waals surface area contributed by atoms with Crippen LogP contribution in [0.2, 0.25) is 0 Å². The lowest BCUT2D eigenvalue weighted by Crippen LogP contribution is -2.33.